The number of hydrogen-bond donors (Lipinski definition) is 0. The van der Waals surface area contributed by atoms with Crippen molar-refractivity contribution < 1.29 is 14.3 Å². The van der Waals surface area contributed by atoms with Crippen LogP contribution in [0.2, 0.25) is 0 Å². The summed E-state index contributed by atoms with van der Waals surface area (Å²) in [7, 11) is 0. The summed E-state index contributed by atoms with van der Waals surface area (Å²) in [5.41, 5.74) is 5.36. The number of benzene rings is 1. The molecule has 3 atom stereocenters. The quantitative estimate of drug-likeness (QED) is 0.142. The monoisotopic (exact) mass is 545 g/mol. The van der Waals surface area contributed by atoms with Gasteiger partial charge in [0, 0.05) is 0 Å². The number of carbonyl (C=O) groups is 2. The highest BCUT2D eigenvalue weighted by atomic mass is 16.5. The van der Waals surface area contributed by atoms with E-state index >= 15 is 0 Å². The number of aldehydes is 1. The van der Waals surface area contributed by atoms with Crippen molar-refractivity contribution in [1.82, 2.24) is 15.0 Å². The average molecular weight is 546 g/mol. The summed E-state index contributed by atoms with van der Waals surface area (Å²) in [6.07, 6.45) is 11.2. The first-order valence-corrected chi connectivity index (χ1v) is 14.8. The SMILES string of the molecule is C=C1CC[C@H]2C(C)(C)CCC[C@]2(C)C1C/C=C(/C=O)CC(=O)OCc1cn(Cc2ccc(C(C)(C)C)cc2)nn1. The van der Waals surface area contributed by atoms with Crippen molar-refractivity contribution in [2.75, 3.05) is 0 Å². The van der Waals surface area contributed by atoms with E-state index in [0.29, 0.717) is 35.1 Å². The molecule has 6 nitrogen and oxygen atoms in total. The summed E-state index contributed by atoms with van der Waals surface area (Å²) in [6, 6.07) is 8.50. The highest BCUT2D eigenvalue weighted by Crippen LogP contribution is 2.61. The Hall–Kier alpha value is -3.02. The highest BCUT2D eigenvalue weighted by Gasteiger charge is 2.52. The zero-order chi connectivity index (χ0) is 29.1. The van der Waals surface area contributed by atoms with Crippen LogP contribution in [0.5, 0.6) is 0 Å². The molecule has 0 aliphatic heterocycles. The molecular weight excluding hydrogens is 498 g/mol. The number of allylic oxidation sites excluding steroid dienone is 2. The molecule has 0 spiro atoms. The summed E-state index contributed by atoms with van der Waals surface area (Å²) < 4.78 is 7.19. The second kappa shape index (κ2) is 11.8. The molecule has 1 aromatic carbocycles. The van der Waals surface area contributed by atoms with Crippen LogP contribution in [0.15, 0.2) is 54.3 Å². The minimum Gasteiger partial charge on any atom is -0.459 e. The minimum atomic E-state index is -0.434. The predicted octanol–water partition coefficient (Wildman–Crippen LogP) is 7.37. The van der Waals surface area contributed by atoms with Crippen molar-refractivity contribution in [1.29, 1.82) is 0 Å². The third-order valence-electron chi connectivity index (χ3n) is 9.57. The van der Waals surface area contributed by atoms with E-state index in [0.717, 1.165) is 24.7 Å². The van der Waals surface area contributed by atoms with E-state index in [-0.39, 0.29) is 23.9 Å². The smallest absolute Gasteiger partial charge is 0.310 e. The molecule has 216 valence electrons. The van der Waals surface area contributed by atoms with Gasteiger partial charge in [0.25, 0.3) is 0 Å². The normalized spacial score (nSPS) is 24.9. The molecule has 1 unspecified atom stereocenters. The van der Waals surface area contributed by atoms with Crippen molar-refractivity contribution >= 4 is 12.3 Å². The van der Waals surface area contributed by atoms with Crippen LogP contribution in [0.1, 0.15) is 103 Å². The Morgan fingerprint density at radius 3 is 2.58 bits per heavy atom. The van der Waals surface area contributed by atoms with Crippen LogP contribution in [0.4, 0.5) is 0 Å². The van der Waals surface area contributed by atoms with Crippen LogP contribution < -0.4 is 0 Å². The molecule has 0 bridgehead atoms. The standard InChI is InChI=1S/C34H47N3O3/c1-24-9-16-30-33(5,6)17-8-18-34(30,7)29(24)15-12-26(22-38)19-31(39)40-23-28-21-37(36-35-28)20-25-10-13-27(14-11-25)32(2,3)4/h10-14,21-22,29-30H,1,8-9,15-20,23H2,2-7H3/b26-12+/t29?,30-,34+/m0/s1. The fourth-order valence-corrected chi connectivity index (χ4v) is 7.29. The van der Waals surface area contributed by atoms with Crippen LogP contribution in [-0.2, 0) is 32.9 Å². The number of aromatic nitrogens is 3. The molecule has 0 N–H and O–H groups in total. The van der Waals surface area contributed by atoms with Crippen LogP contribution in [0.25, 0.3) is 0 Å². The van der Waals surface area contributed by atoms with E-state index in [9.17, 15) is 9.59 Å². The van der Waals surface area contributed by atoms with Crippen molar-refractivity contribution in [3.63, 3.8) is 0 Å². The lowest BCUT2D eigenvalue weighted by molar-refractivity contribution is -0.144. The lowest BCUT2D eigenvalue weighted by Crippen LogP contribution is -2.49. The second-order valence-corrected chi connectivity index (χ2v) is 14.0. The molecular formula is C34H47N3O3. The third kappa shape index (κ3) is 6.82. The van der Waals surface area contributed by atoms with E-state index in [1.807, 2.05) is 6.08 Å². The van der Waals surface area contributed by atoms with E-state index in [1.54, 1.807) is 10.9 Å². The largest absolute Gasteiger partial charge is 0.459 e. The first-order valence-electron chi connectivity index (χ1n) is 14.8. The molecule has 2 fully saturated rings. The van der Waals surface area contributed by atoms with Crippen LogP contribution in [-0.4, -0.2) is 27.2 Å². The van der Waals surface area contributed by atoms with E-state index in [4.69, 9.17) is 4.74 Å². The van der Waals surface area contributed by atoms with Gasteiger partial charge in [-0.1, -0.05) is 95.7 Å². The van der Waals surface area contributed by atoms with E-state index in [2.05, 4.69) is 82.7 Å². The van der Waals surface area contributed by atoms with Crippen molar-refractivity contribution in [2.24, 2.45) is 22.7 Å². The Labute approximate surface area is 240 Å². The molecule has 2 saturated carbocycles. The second-order valence-electron chi connectivity index (χ2n) is 14.0. The summed E-state index contributed by atoms with van der Waals surface area (Å²) in [5.74, 6) is 0.547. The number of carbonyl (C=O) groups excluding carboxylic acids is 2. The van der Waals surface area contributed by atoms with Crippen molar-refractivity contribution in [2.45, 2.75) is 105 Å². The van der Waals surface area contributed by atoms with Crippen molar-refractivity contribution in [3.8, 4) is 0 Å². The average Bonchev–Trinajstić information content (AvgIpc) is 3.32. The fraction of sp³-hybridized carbons (Fsp3) is 0.588. The summed E-state index contributed by atoms with van der Waals surface area (Å²) >= 11 is 0. The molecule has 6 heteroatoms. The molecule has 2 aliphatic carbocycles. The number of rotatable bonds is 9. The maximum atomic E-state index is 12.6. The van der Waals surface area contributed by atoms with Gasteiger partial charge < -0.3 is 4.74 Å². The first kappa shape index (κ1) is 30.0. The van der Waals surface area contributed by atoms with Gasteiger partial charge in [-0.2, -0.15) is 0 Å². The van der Waals surface area contributed by atoms with Crippen LogP contribution >= 0.6 is 0 Å². The number of ether oxygens (including phenoxy) is 1. The van der Waals surface area contributed by atoms with Crippen LogP contribution in [0.3, 0.4) is 0 Å². The van der Waals surface area contributed by atoms with Gasteiger partial charge in [0.05, 0.1) is 19.2 Å². The van der Waals surface area contributed by atoms with Gasteiger partial charge in [0.15, 0.2) is 0 Å². The highest BCUT2D eigenvalue weighted by molar-refractivity contribution is 5.84. The lowest BCUT2D eigenvalue weighted by atomic mass is 9.47. The van der Waals surface area contributed by atoms with Crippen LogP contribution in [0, 0.1) is 22.7 Å². The number of fused-ring (bicyclic) bond motifs is 1. The third-order valence-corrected chi connectivity index (χ3v) is 9.57. The lowest BCUT2D eigenvalue weighted by Gasteiger charge is -2.58. The van der Waals surface area contributed by atoms with E-state index in [1.165, 1.54) is 36.8 Å². The van der Waals surface area contributed by atoms with Gasteiger partial charge >= 0.3 is 5.97 Å². The minimum absolute atomic E-state index is 0.0300. The molecule has 1 aromatic heterocycles. The summed E-state index contributed by atoms with van der Waals surface area (Å²) in [6.45, 7) is 18.9. The van der Waals surface area contributed by atoms with Gasteiger partial charge in [0.1, 0.15) is 18.6 Å². The number of hydrogen-bond acceptors (Lipinski definition) is 5. The maximum Gasteiger partial charge on any atom is 0.310 e. The Morgan fingerprint density at radius 2 is 1.90 bits per heavy atom. The summed E-state index contributed by atoms with van der Waals surface area (Å²) in [5, 5.41) is 8.32. The Bertz CT molecular complexity index is 1250. The van der Waals surface area contributed by atoms with Gasteiger partial charge in [-0.15, -0.1) is 5.10 Å². The number of nitrogens with zero attached hydrogens (tertiary/aromatic N) is 3. The molecule has 4 rings (SSSR count). The molecule has 0 saturated heterocycles. The molecule has 2 aliphatic rings. The molecule has 2 aromatic rings. The van der Waals surface area contributed by atoms with Gasteiger partial charge in [-0.05, 0) is 76.9 Å². The summed E-state index contributed by atoms with van der Waals surface area (Å²) in [4.78, 5) is 24.5. The first-order chi connectivity index (χ1) is 18.8. The Kier molecular flexibility index (Phi) is 8.86. The molecule has 40 heavy (non-hydrogen) atoms. The van der Waals surface area contributed by atoms with Gasteiger partial charge in [-0.3, -0.25) is 9.59 Å². The van der Waals surface area contributed by atoms with Gasteiger partial charge in [-0.25, -0.2) is 4.68 Å². The zero-order valence-electron chi connectivity index (χ0n) is 25.3. The van der Waals surface area contributed by atoms with Gasteiger partial charge in [0.2, 0.25) is 0 Å². The Balaban J connectivity index is 1.30. The zero-order valence-corrected chi connectivity index (χ0v) is 25.3. The fourth-order valence-electron chi connectivity index (χ4n) is 7.29. The van der Waals surface area contributed by atoms with Crippen molar-refractivity contribution in [3.05, 3.63) is 71.1 Å². The molecule has 0 amide bonds. The molecule has 1 heterocycles. The number of esters is 1. The maximum absolute atomic E-state index is 12.6. The Morgan fingerprint density at radius 1 is 1.18 bits per heavy atom. The molecule has 0 radical (unpaired) electrons. The van der Waals surface area contributed by atoms with E-state index < -0.39 is 5.97 Å². The predicted molar refractivity (Wildman–Crippen MR) is 159 cm³/mol. The topological polar surface area (TPSA) is 74.1 Å².